The third kappa shape index (κ3) is 7.31. The first-order chi connectivity index (χ1) is 11.8. The van der Waals surface area contributed by atoms with Crippen molar-refractivity contribution >= 4 is 33.5 Å². The number of hydrogen-bond acceptors (Lipinski definition) is 5. The van der Waals surface area contributed by atoms with Gasteiger partial charge in [0.05, 0.1) is 4.90 Å². The number of carbonyl (C=O) groups is 2. The molecule has 0 saturated carbocycles. The van der Waals surface area contributed by atoms with Crippen LogP contribution in [0, 0.1) is 5.92 Å². The van der Waals surface area contributed by atoms with Gasteiger partial charge in [-0.2, -0.15) is 4.72 Å². The molecule has 0 spiro atoms. The summed E-state index contributed by atoms with van der Waals surface area (Å²) in [5.41, 5.74) is -0.461. The Kier molecular flexibility index (Phi) is 7.61. The third-order valence-electron chi connectivity index (χ3n) is 3.19. The van der Waals surface area contributed by atoms with Crippen molar-refractivity contribution in [2.24, 2.45) is 5.92 Å². The highest BCUT2D eigenvalue weighted by atomic mass is 35.5. The zero-order valence-corrected chi connectivity index (χ0v) is 17.1. The second kappa shape index (κ2) is 8.83. The van der Waals surface area contributed by atoms with Crippen LogP contribution in [0.5, 0.6) is 0 Å². The van der Waals surface area contributed by atoms with Crippen LogP contribution in [0.4, 0.5) is 0 Å². The zero-order chi connectivity index (χ0) is 20.1. The van der Waals surface area contributed by atoms with Gasteiger partial charge in [-0.05, 0) is 51.0 Å². The summed E-state index contributed by atoms with van der Waals surface area (Å²) < 4.78 is 32.2. The predicted molar refractivity (Wildman–Crippen MR) is 99.3 cm³/mol. The normalized spacial score (nSPS) is 13.3. The van der Waals surface area contributed by atoms with E-state index in [1.165, 1.54) is 24.3 Å². The Bertz CT molecular complexity index is 739. The molecule has 0 saturated heterocycles. The van der Waals surface area contributed by atoms with Crippen molar-refractivity contribution in [2.75, 3.05) is 6.61 Å². The van der Waals surface area contributed by atoms with Crippen molar-refractivity contribution in [3.63, 3.8) is 0 Å². The molecule has 1 rings (SSSR count). The van der Waals surface area contributed by atoms with E-state index in [2.05, 4.69) is 10.0 Å². The van der Waals surface area contributed by atoms with Crippen LogP contribution in [-0.4, -0.2) is 38.5 Å². The molecule has 1 amide bonds. The Morgan fingerprint density at radius 2 is 1.69 bits per heavy atom. The van der Waals surface area contributed by atoms with Crippen molar-refractivity contribution in [2.45, 2.75) is 51.1 Å². The maximum Gasteiger partial charge on any atom is 0.324 e. The first kappa shape index (κ1) is 22.4. The highest BCUT2D eigenvalue weighted by Gasteiger charge is 2.30. The minimum Gasteiger partial charge on any atom is -0.454 e. The molecule has 0 fully saturated rings. The molecular weight excluding hydrogens is 380 g/mol. The summed E-state index contributed by atoms with van der Waals surface area (Å²) in [6, 6.07) is 4.43. The number of hydrogen-bond donors (Lipinski definition) is 2. The van der Waals surface area contributed by atoms with Crippen LogP contribution in [0.25, 0.3) is 0 Å². The maximum atomic E-state index is 12.4. The number of sulfonamides is 1. The van der Waals surface area contributed by atoms with Gasteiger partial charge >= 0.3 is 5.97 Å². The van der Waals surface area contributed by atoms with Gasteiger partial charge in [0.1, 0.15) is 6.04 Å². The van der Waals surface area contributed by atoms with E-state index in [-0.39, 0.29) is 10.8 Å². The van der Waals surface area contributed by atoms with Gasteiger partial charge in [-0.15, -0.1) is 0 Å². The third-order valence-corrected chi connectivity index (χ3v) is 4.90. The number of esters is 1. The molecule has 2 N–H and O–H groups in total. The van der Waals surface area contributed by atoms with Crippen molar-refractivity contribution in [3.8, 4) is 0 Å². The summed E-state index contributed by atoms with van der Waals surface area (Å²) in [5, 5.41) is 3.05. The van der Waals surface area contributed by atoms with Gasteiger partial charge in [-0.25, -0.2) is 8.42 Å². The Morgan fingerprint density at radius 3 is 2.15 bits per heavy atom. The quantitative estimate of drug-likeness (QED) is 0.677. The van der Waals surface area contributed by atoms with Crippen LogP contribution in [0.1, 0.15) is 34.6 Å². The number of amides is 1. The zero-order valence-electron chi connectivity index (χ0n) is 15.5. The molecule has 146 valence electrons. The monoisotopic (exact) mass is 404 g/mol. The Hall–Kier alpha value is -1.64. The summed E-state index contributed by atoms with van der Waals surface area (Å²) in [6.45, 7) is 8.25. The Morgan fingerprint density at radius 1 is 1.15 bits per heavy atom. The van der Waals surface area contributed by atoms with Gasteiger partial charge in [-0.3, -0.25) is 9.59 Å². The van der Waals surface area contributed by atoms with Crippen molar-refractivity contribution in [3.05, 3.63) is 29.3 Å². The molecule has 0 aliphatic heterocycles. The van der Waals surface area contributed by atoms with E-state index in [4.69, 9.17) is 16.3 Å². The largest absolute Gasteiger partial charge is 0.454 e. The van der Waals surface area contributed by atoms with Gasteiger partial charge in [0, 0.05) is 10.6 Å². The second-order valence-corrected chi connectivity index (χ2v) is 9.35. The van der Waals surface area contributed by atoms with Gasteiger partial charge < -0.3 is 10.1 Å². The molecule has 26 heavy (non-hydrogen) atoms. The SMILES string of the molecule is CC(C)[C@H](NS(=O)(=O)c1ccc(Cl)cc1)C(=O)OCC(=O)NC(C)(C)C. The Labute approximate surface area is 159 Å². The lowest BCUT2D eigenvalue weighted by molar-refractivity contribution is -0.151. The molecule has 1 aromatic rings. The van der Waals surface area contributed by atoms with E-state index in [1.807, 2.05) is 0 Å². The lowest BCUT2D eigenvalue weighted by Gasteiger charge is -2.22. The lowest BCUT2D eigenvalue weighted by atomic mass is 10.1. The number of ether oxygens (including phenoxy) is 1. The number of carbonyl (C=O) groups excluding carboxylic acids is 2. The van der Waals surface area contributed by atoms with Crippen LogP contribution < -0.4 is 10.0 Å². The van der Waals surface area contributed by atoms with E-state index in [0.717, 1.165) is 0 Å². The van der Waals surface area contributed by atoms with E-state index < -0.39 is 40.1 Å². The minimum absolute atomic E-state index is 0.0224. The van der Waals surface area contributed by atoms with Crippen molar-refractivity contribution in [1.29, 1.82) is 0 Å². The summed E-state index contributed by atoms with van der Waals surface area (Å²) in [7, 11) is -3.94. The molecule has 0 radical (unpaired) electrons. The van der Waals surface area contributed by atoms with E-state index in [1.54, 1.807) is 34.6 Å². The average Bonchev–Trinajstić information content (AvgIpc) is 2.49. The predicted octanol–water partition coefficient (Wildman–Crippen LogP) is 2.10. The molecule has 1 aromatic carbocycles. The number of nitrogens with one attached hydrogen (secondary N) is 2. The van der Waals surface area contributed by atoms with Gasteiger partial charge in [0.2, 0.25) is 10.0 Å². The van der Waals surface area contributed by atoms with Gasteiger partial charge in [-0.1, -0.05) is 25.4 Å². The highest BCUT2D eigenvalue weighted by molar-refractivity contribution is 7.89. The number of benzene rings is 1. The fourth-order valence-corrected chi connectivity index (χ4v) is 3.45. The standard InChI is InChI=1S/C17H25ClN2O5S/c1-11(2)15(16(22)25-10-14(21)19-17(3,4)5)20-26(23,24)13-8-6-12(18)7-9-13/h6-9,11,15,20H,10H2,1-5H3,(H,19,21)/t15-/m0/s1. The van der Waals surface area contributed by atoms with E-state index in [0.29, 0.717) is 5.02 Å². The molecule has 1 atom stereocenters. The molecule has 0 bridgehead atoms. The molecule has 0 heterocycles. The summed E-state index contributed by atoms with van der Waals surface area (Å²) in [4.78, 5) is 24.0. The molecule has 0 unspecified atom stereocenters. The summed E-state index contributed by atoms with van der Waals surface area (Å²) >= 11 is 5.76. The van der Waals surface area contributed by atoms with Crippen molar-refractivity contribution in [1.82, 2.24) is 10.0 Å². The summed E-state index contributed by atoms with van der Waals surface area (Å²) in [5.74, 6) is -1.66. The summed E-state index contributed by atoms with van der Waals surface area (Å²) in [6.07, 6.45) is 0. The average molecular weight is 405 g/mol. The minimum atomic E-state index is -3.94. The molecule has 0 aliphatic carbocycles. The first-order valence-electron chi connectivity index (χ1n) is 8.07. The molecular formula is C17H25ClN2O5S. The molecule has 7 nitrogen and oxygen atoms in total. The number of rotatable bonds is 7. The fourth-order valence-electron chi connectivity index (χ4n) is 1.99. The fraction of sp³-hybridized carbons (Fsp3) is 0.529. The second-order valence-electron chi connectivity index (χ2n) is 7.20. The smallest absolute Gasteiger partial charge is 0.324 e. The topological polar surface area (TPSA) is 102 Å². The molecule has 0 aromatic heterocycles. The van der Waals surface area contributed by atoms with Gasteiger partial charge in [0.15, 0.2) is 6.61 Å². The molecule has 9 heteroatoms. The number of halogens is 1. The lowest BCUT2D eigenvalue weighted by Crippen LogP contribution is -2.47. The van der Waals surface area contributed by atoms with Crippen LogP contribution in [0.2, 0.25) is 5.02 Å². The van der Waals surface area contributed by atoms with Crippen LogP contribution in [0.15, 0.2) is 29.2 Å². The van der Waals surface area contributed by atoms with E-state index >= 15 is 0 Å². The van der Waals surface area contributed by atoms with Crippen LogP contribution in [-0.2, 0) is 24.3 Å². The maximum absolute atomic E-state index is 12.4. The van der Waals surface area contributed by atoms with Crippen LogP contribution in [0.3, 0.4) is 0 Å². The van der Waals surface area contributed by atoms with Crippen molar-refractivity contribution < 1.29 is 22.7 Å². The first-order valence-corrected chi connectivity index (χ1v) is 9.93. The van der Waals surface area contributed by atoms with Gasteiger partial charge in [0.25, 0.3) is 5.91 Å². The van der Waals surface area contributed by atoms with E-state index in [9.17, 15) is 18.0 Å². The Balaban J connectivity index is 2.80. The van der Waals surface area contributed by atoms with Crippen LogP contribution >= 0.6 is 11.6 Å². The highest BCUT2D eigenvalue weighted by Crippen LogP contribution is 2.16. The molecule has 0 aliphatic rings.